The van der Waals surface area contributed by atoms with E-state index in [0.717, 1.165) is 10.6 Å². The van der Waals surface area contributed by atoms with Crippen molar-refractivity contribution in [2.45, 2.75) is 32.5 Å². The normalized spacial score (nSPS) is 12.5. The fourth-order valence-corrected chi connectivity index (χ4v) is 4.18. The molecule has 0 saturated heterocycles. The Hall–Kier alpha value is -0.790. The molecule has 0 heterocycles. The van der Waals surface area contributed by atoms with E-state index in [2.05, 4.69) is 67.9 Å². The Balaban J connectivity index is 2.53. The molecule has 0 aliphatic heterocycles. The van der Waals surface area contributed by atoms with E-state index in [1.165, 1.54) is 27.8 Å². The Morgan fingerprint density at radius 2 is 1.47 bits per heavy atom. The summed E-state index contributed by atoms with van der Waals surface area (Å²) in [7, 11) is 0. The fraction of sp³-hybridized carbons (Fsp3) is 0.294. The van der Waals surface area contributed by atoms with Crippen molar-refractivity contribution >= 4 is 27.5 Å². The monoisotopic (exact) mass is 336 g/mol. The zero-order valence-electron chi connectivity index (χ0n) is 11.7. The van der Waals surface area contributed by atoms with Crippen molar-refractivity contribution in [3.05, 3.63) is 68.7 Å². The van der Waals surface area contributed by atoms with Crippen molar-refractivity contribution in [3.8, 4) is 0 Å². The van der Waals surface area contributed by atoms with Gasteiger partial charge in [0.05, 0.1) is 4.83 Å². The van der Waals surface area contributed by atoms with E-state index in [-0.39, 0.29) is 4.83 Å². The van der Waals surface area contributed by atoms with Crippen LogP contribution in [0.3, 0.4) is 0 Å². The van der Waals surface area contributed by atoms with E-state index in [1.54, 1.807) is 0 Å². The molecule has 2 aromatic rings. The van der Waals surface area contributed by atoms with Crippen LogP contribution < -0.4 is 0 Å². The van der Waals surface area contributed by atoms with Gasteiger partial charge in [0.25, 0.3) is 0 Å². The number of halogens is 2. The molecule has 1 atom stereocenters. The molecule has 0 radical (unpaired) electrons. The standard InChI is InChI=1S/C17H18BrCl/c1-10-5-6-14(15(19)9-10)17(18)16-12(3)7-11(2)8-13(16)4/h5-9,17H,1-4H3. The summed E-state index contributed by atoms with van der Waals surface area (Å²) in [5, 5.41) is 0.821. The quantitative estimate of drug-likeness (QED) is 0.584. The highest BCUT2D eigenvalue weighted by Gasteiger charge is 2.18. The van der Waals surface area contributed by atoms with Gasteiger partial charge in [-0.3, -0.25) is 0 Å². The summed E-state index contributed by atoms with van der Waals surface area (Å²) >= 11 is 10.2. The average molecular weight is 338 g/mol. The lowest BCUT2D eigenvalue weighted by atomic mass is 9.94. The van der Waals surface area contributed by atoms with Crippen molar-refractivity contribution in [2.24, 2.45) is 0 Å². The summed E-state index contributed by atoms with van der Waals surface area (Å²) in [4.78, 5) is 0.140. The summed E-state index contributed by atoms with van der Waals surface area (Å²) in [6, 6.07) is 10.7. The molecule has 0 bridgehead atoms. The summed E-state index contributed by atoms with van der Waals surface area (Å²) in [6.07, 6.45) is 0. The van der Waals surface area contributed by atoms with E-state index in [9.17, 15) is 0 Å². The van der Waals surface area contributed by atoms with E-state index in [4.69, 9.17) is 11.6 Å². The predicted molar refractivity (Wildman–Crippen MR) is 87.6 cm³/mol. The maximum absolute atomic E-state index is 6.38. The van der Waals surface area contributed by atoms with Crippen LogP contribution in [0.25, 0.3) is 0 Å². The second-order valence-corrected chi connectivity index (χ2v) is 6.52. The van der Waals surface area contributed by atoms with Gasteiger partial charge in [-0.15, -0.1) is 0 Å². The zero-order chi connectivity index (χ0) is 14.2. The highest BCUT2D eigenvalue weighted by atomic mass is 79.9. The number of aryl methyl sites for hydroxylation is 4. The van der Waals surface area contributed by atoms with Gasteiger partial charge >= 0.3 is 0 Å². The average Bonchev–Trinajstić information content (AvgIpc) is 2.26. The second-order valence-electron chi connectivity index (χ2n) is 5.20. The van der Waals surface area contributed by atoms with Gasteiger partial charge in [0, 0.05) is 5.02 Å². The highest BCUT2D eigenvalue weighted by molar-refractivity contribution is 9.09. The lowest BCUT2D eigenvalue weighted by Gasteiger charge is -2.19. The fourth-order valence-electron chi connectivity index (χ4n) is 2.58. The molecular weight excluding hydrogens is 320 g/mol. The number of benzene rings is 2. The molecule has 0 spiro atoms. The Morgan fingerprint density at radius 1 is 0.895 bits per heavy atom. The van der Waals surface area contributed by atoms with E-state index >= 15 is 0 Å². The van der Waals surface area contributed by atoms with E-state index < -0.39 is 0 Å². The number of hydrogen-bond donors (Lipinski definition) is 0. The SMILES string of the molecule is Cc1cc(C)c(C(Br)c2ccc(C)cc2Cl)c(C)c1. The first kappa shape index (κ1) is 14.6. The molecular formula is C17H18BrCl. The first-order chi connectivity index (χ1) is 8.90. The molecule has 1 unspecified atom stereocenters. The van der Waals surface area contributed by atoms with Gasteiger partial charge < -0.3 is 0 Å². The molecule has 0 N–H and O–H groups in total. The minimum atomic E-state index is 0.140. The topological polar surface area (TPSA) is 0 Å². The molecule has 0 aliphatic carbocycles. The minimum absolute atomic E-state index is 0.140. The molecule has 100 valence electrons. The van der Waals surface area contributed by atoms with Gasteiger partial charge in [-0.2, -0.15) is 0 Å². The van der Waals surface area contributed by atoms with Crippen LogP contribution in [0.2, 0.25) is 5.02 Å². The Labute approximate surface area is 128 Å². The molecule has 19 heavy (non-hydrogen) atoms. The van der Waals surface area contributed by atoms with Gasteiger partial charge in [-0.25, -0.2) is 0 Å². The smallest absolute Gasteiger partial charge is 0.0664 e. The first-order valence-corrected chi connectivity index (χ1v) is 7.67. The summed E-state index contributed by atoms with van der Waals surface area (Å²) in [6.45, 7) is 8.50. The van der Waals surface area contributed by atoms with Crippen LogP contribution >= 0.6 is 27.5 Å². The number of rotatable bonds is 2. The molecule has 0 amide bonds. The second kappa shape index (κ2) is 5.68. The van der Waals surface area contributed by atoms with E-state index in [1.807, 2.05) is 6.07 Å². The van der Waals surface area contributed by atoms with Crippen LogP contribution in [-0.2, 0) is 0 Å². The Kier molecular flexibility index (Phi) is 4.37. The summed E-state index contributed by atoms with van der Waals surface area (Å²) in [5.41, 5.74) is 7.53. The first-order valence-electron chi connectivity index (χ1n) is 6.38. The van der Waals surface area contributed by atoms with Crippen molar-refractivity contribution in [1.29, 1.82) is 0 Å². The van der Waals surface area contributed by atoms with Gasteiger partial charge in [-0.1, -0.05) is 57.4 Å². The molecule has 0 aliphatic rings. The van der Waals surface area contributed by atoms with Crippen LogP contribution in [-0.4, -0.2) is 0 Å². The van der Waals surface area contributed by atoms with Gasteiger partial charge in [0.15, 0.2) is 0 Å². The largest absolute Gasteiger partial charge is 0.0840 e. The molecule has 0 aromatic heterocycles. The summed E-state index contributed by atoms with van der Waals surface area (Å²) in [5.74, 6) is 0. The minimum Gasteiger partial charge on any atom is -0.0840 e. The van der Waals surface area contributed by atoms with E-state index in [0.29, 0.717) is 0 Å². The lowest BCUT2D eigenvalue weighted by molar-refractivity contribution is 1.10. The Bertz CT molecular complexity index is 594. The third kappa shape index (κ3) is 3.04. The maximum atomic E-state index is 6.38. The van der Waals surface area contributed by atoms with Crippen LogP contribution in [0.4, 0.5) is 0 Å². The third-order valence-corrected chi connectivity index (χ3v) is 4.70. The van der Waals surface area contributed by atoms with Crippen molar-refractivity contribution < 1.29 is 0 Å². The molecule has 0 nitrogen and oxygen atoms in total. The van der Waals surface area contributed by atoms with Crippen molar-refractivity contribution in [3.63, 3.8) is 0 Å². The lowest BCUT2D eigenvalue weighted by Crippen LogP contribution is -2.01. The number of hydrogen-bond acceptors (Lipinski definition) is 0. The van der Waals surface area contributed by atoms with Crippen molar-refractivity contribution in [2.75, 3.05) is 0 Å². The predicted octanol–water partition coefficient (Wildman–Crippen LogP) is 6.06. The van der Waals surface area contributed by atoms with Gasteiger partial charge in [0.1, 0.15) is 0 Å². The van der Waals surface area contributed by atoms with Gasteiger partial charge in [-0.05, 0) is 61.6 Å². The van der Waals surface area contributed by atoms with Crippen LogP contribution in [0.15, 0.2) is 30.3 Å². The molecule has 2 heteroatoms. The van der Waals surface area contributed by atoms with Crippen molar-refractivity contribution in [1.82, 2.24) is 0 Å². The molecule has 2 rings (SSSR count). The van der Waals surface area contributed by atoms with Gasteiger partial charge in [0.2, 0.25) is 0 Å². The molecule has 0 fully saturated rings. The van der Waals surface area contributed by atoms with Crippen LogP contribution in [0, 0.1) is 27.7 Å². The third-order valence-electron chi connectivity index (χ3n) is 3.42. The number of alkyl halides is 1. The Morgan fingerprint density at radius 3 is 2.00 bits per heavy atom. The maximum Gasteiger partial charge on any atom is 0.0664 e. The zero-order valence-corrected chi connectivity index (χ0v) is 14.1. The summed E-state index contributed by atoms with van der Waals surface area (Å²) < 4.78 is 0. The molecule has 2 aromatic carbocycles. The highest BCUT2D eigenvalue weighted by Crippen LogP contribution is 2.38. The van der Waals surface area contributed by atoms with Crippen LogP contribution in [0.5, 0.6) is 0 Å². The molecule has 0 saturated carbocycles. The van der Waals surface area contributed by atoms with Crippen LogP contribution in [0.1, 0.15) is 38.2 Å².